The van der Waals surface area contributed by atoms with Crippen molar-refractivity contribution in [2.75, 3.05) is 5.32 Å². The van der Waals surface area contributed by atoms with Crippen molar-refractivity contribution in [1.29, 1.82) is 0 Å². The Morgan fingerprint density at radius 3 is 2.96 bits per heavy atom. The number of nitrogens with zero attached hydrogens (tertiary/aromatic N) is 1. The predicted octanol–water partition coefficient (Wildman–Crippen LogP) is 4.03. The van der Waals surface area contributed by atoms with Gasteiger partial charge in [-0.15, -0.1) is 11.3 Å². The van der Waals surface area contributed by atoms with Crippen molar-refractivity contribution in [2.24, 2.45) is 0 Å². The van der Waals surface area contributed by atoms with Gasteiger partial charge in [0.05, 0.1) is 17.8 Å². The van der Waals surface area contributed by atoms with Gasteiger partial charge in [-0.25, -0.2) is 9.37 Å². The van der Waals surface area contributed by atoms with E-state index in [9.17, 15) is 9.18 Å². The number of carbonyl (C=O) groups excluding carboxylic acids is 1. The minimum absolute atomic E-state index is 0.0176. The lowest BCUT2D eigenvalue weighted by atomic mass is 10.1. The number of rotatable bonds is 3. The number of para-hydroxylation sites is 1. The van der Waals surface area contributed by atoms with Gasteiger partial charge in [0.2, 0.25) is 5.91 Å². The summed E-state index contributed by atoms with van der Waals surface area (Å²) >= 11 is 1.54. The third-order valence-electron chi connectivity index (χ3n) is 3.82. The number of halogens is 1. The van der Waals surface area contributed by atoms with Crippen molar-refractivity contribution in [1.82, 2.24) is 4.98 Å². The molecule has 0 fully saturated rings. The Kier molecular flexibility index (Phi) is 3.42. The minimum Gasteiger partial charge on any atom is -0.325 e. The molecule has 1 aliphatic rings. The van der Waals surface area contributed by atoms with Crippen LogP contribution >= 0.6 is 11.3 Å². The maximum atomic E-state index is 13.3. The first-order chi connectivity index (χ1) is 11.2. The van der Waals surface area contributed by atoms with Crippen LogP contribution in [-0.2, 0) is 17.6 Å². The van der Waals surface area contributed by atoms with E-state index in [0.29, 0.717) is 12.8 Å². The molecule has 2 heterocycles. The van der Waals surface area contributed by atoms with Crippen molar-refractivity contribution >= 4 is 22.9 Å². The monoisotopic (exact) mass is 324 g/mol. The van der Waals surface area contributed by atoms with Gasteiger partial charge in [-0.3, -0.25) is 4.79 Å². The maximum absolute atomic E-state index is 13.3. The van der Waals surface area contributed by atoms with Crippen LogP contribution in [0.15, 0.2) is 47.8 Å². The first-order valence-electron chi connectivity index (χ1n) is 7.30. The molecule has 5 heteroatoms. The van der Waals surface area contributed by atoms with E-state index in [-0.39, 0.29) is 11.7 Å². The number of thiazole rings is 1. The lowest BCUT2D eigenvalue weighted by Gasteiger charge is -2.04. The molecular formula is C18H13FN2OS. The highest BCUT2D eigenvalue weighted by Crippen LogP contribution is 2.36. The molecule has 1 amide bonds. The average molecular weight is 324 g/mol. The van der Waals surface area contributed by atoms with Crippen molar-refractivity contribution in [3.05, 3.63) is 70.5 Å². The van der Waals surface area contributed by atoms with Crippen LogP contribution in [-0.4, -0.2) is 10.9 Å². The van der Waals surface area contributed by atoms with Crippen LogP contribution in [0.4, 0.5) is 10.1 Å². The Labute approximate surface area is 136 Å². The molecule has 0 atom stereocenters. The molecule has 1 N–H and O–H groups in total. The minimum atomic E-state index is -0.235. The third kappa shape index (κ3) is 2.75. The molecule has 114 valence electrons. The molecule has 0 spiro atoms. The van der Waals surface area contributed by atoms with Gasteiger partial charge in [-0.2, -0.15) is 0 Å². The molecule has 0 bridgehead atoms. The molecule has 2 aromatic carbocycles. The number of fused-ring (bicyclic) bond motifs is 1. The smallest absolute Gasteiger partial charge is 0.228 e. The molecule has 1 aliphatic heterocycles. The number of benzene rings is 2. The summed E-state index contributed by atoms with van der Waals surface area (Å²) in [6.45, 7) is 0. The molecule has 4 rings (SSSR count). The highest BCUT2D eigenvalue weighted by Gasteiger charge is 2.22. The number of amides is 1. The predicted molar refractivity (Wildman–Crippen MR) is 89.1 cm³/mol. The second-order valence-corrected chi connectivity index (χ2v) is 6.37. The summed E-state index contributed by atoms with van der Waals surface area (Å²) in [4.78, 5) is 16.3. The topological polar surface area (TPSA) is 42.0 Å². The zero-order valence-corrected chi connectivity index (χ0v) is 13.0. The maximum Gasteiger partial charge on any atom is 0.228 e. The van der Waals surface area contributed by atoms with Crippen LogP contribution in [0.25, 0.3) is 10.6 Å². The van der Waals surface area contributed by atoms with E-state index >= 15 is 0 Å². The second kappa shape index (κ2) is 5.59. The van der Waals surface area contributed by atoms with Gasteiger partial charge in [0.25, 0.3) is 0 Å². The van der Waals surface area contributed by atoms with E-state index in [4.69, 9.17) is 0 Å². The van der Waals surface area contributed by atoms with E-state index in [1.54, 1.807) is 6.07 Å². The number of carbonyl (C=O) groups is 1. The summed E-state index contributed by atoms with van der Waals surface area (Å²) in [6, 6.07) is 12.4. The number of nitrogens with one attached hydrogen (secondary N) is 1. The first-order valence-corrected chi connectivity index (χ1v) is 8.18. The zero-order valence-electron chi connectivity index (χ0n) is 12.2. The van der Waals surface area contributed by atoms with Crippen LogP contribution in [0.2, 0.25) is 0 Å². The fraction of sp³-hybridized carbons (Fsp3) is 0.111. The average Bonchev–Trinajstić information content (AvgIpc) is 3.12. The molecule has 3 nitrogen and oxygen atoms in total. The van der Waals surface area contributed by atoms with E-state index in [1.807, 2.05) is 29.6 Å². The SMILES string of the molecule is O=C1Cc2cccc(-c3nc(Cc4cccc(F)c4)cs3)c2N1. The van der Waals surface area contributed by atoms with E-state index in [1.165, 1.54) is 23.5 Å². The van der Waals surface area contributed by atoms with E-state index in [0.717, 1.165) is 33.1 Å². The Bertz CT molecular complexity index is 904. The number of hydrogen-bond acceptors (Lipinski definition) is 3. The zero-order chi connectivity index (χ0) is 15.8. The van der Waals surface area contributed by atoms with Crippen LogP contribution in [0, 0.1) is 5.82 Å². The Hall–Kier alpha value is -2.53. The fourth-order valence-electron chi connectivity index (χ4n) is 2.80. The van der Waals surface area contributed by atoms with Gasteiger partial charge in [-0.1, -0.05) is 24.3 Å². The summed E-state index contributed by atoms with van der Waals surface area (Å²) in [5.74, 6) is -0.217. The highest BCUT2D eigenvalue weighted by atomic mass is 32.1. The van der Waals surface area contributed by atoms with Gasteiger partial charge in [0.1, 0.15) is 10.8 Å². The lowest BCUT2D eigenvalue weighted by molar-refractivity contribution is -0.115. The summed E-state index contributed by atoms with van der Waals surface area (Å²) in [5.41, 5.74) is 4.62. The molecule has 0 unspecified atom stereocenters. The molecule has 0 saturated carbocycles. The standard InChI is InChI=1S/C18H13FN2OS/c19-13-5-1-3-11(7-13)8-14-10-23-18(20-14)15-6-2-4-12-9-16(22)21-17(12)15/h1-7,10H,8-9H2,(H,21,22). The van der Waals surface area contributed by atoms with Crippen molar-refractivity contribution in [2.45, 2.75) is 12.8 Å². The Morgan fingerprint density at radius 2 is 2.09 bits per heavy atom. The molecular weight excluding hydrogens is 311 g/mol. The Morgan fingerprint density at radius 1 is 1.22 bits per heavy atom. The van der Waals surface area contributed by atoms with Crippen LogP contribution < -0.4 is 5.32 Å². The van der Waals surface area contributed by atoms with Gasteiger partial charge >= 0.3 is 0 Å². The highest BCUT2D eigenvalue weighted by molar-refractivity contribution is 7.13. The molecule has 3 aromatic rings. The summed E-state index contributed by atoms with van der Waals surface area (Å²) in [5, 5.41) is 5.76. The van der Waals surface area contributed by atoms with Crippen LogP contribution in [0.1, 0.15) is 16.8 Å². The molecule has 0 radical (unpaired) electrons. The van der Waals surface area contributed by atoms with Gasteiger partial charge in [-0.05, 0) is 29.3 Å². The van der Waals surface area contributed by atoms with Crippen molar-refractivity contribution in [3.63, 3.8) is 0 Å². The van der Waals surface area contributed by atoms with Crippen LogP contribution in [0.5, 0.6) is 0 Å². The lowest BCUT2D eigenvalue weighted by Crippen LogP contribution is -2.04. The third-order valence-corrected chi connectivity index (χ3v) is 4.75. The molecule has 0 aliphatic carbocycles. The quantitative estimate of drug-likeness (QED) is 0.790. The normalized spacial score (nSPS) is 13.0. The van der Waals surface area contributed by atoms with Crippen molar-refractivity contribution < 1.29 is 9.18 Å². The largest absolute Gasteiger partial charge is 0.325 e. The Balaban J connectivity index is 1.64. The molecule has 1 aromatic heterocycles. The summed E-state index contributed by atoms with van der Waals surface area (Å²) in [6.07, 6.45) is 1.01. The summed E-state index contributed by atoms with van der Waals surface area (Å²) < 4.78 is 13.3. The van der Waals surface area contributed by atoms with Crippen LogP contribution in [0.3, 0.4) is 0 Å². The van der Waals surface area contributed by atoms with Gasteiger partial charge < -0.3 is 5.32 Å². The van der Waals surface area contributed by atoms with E-state index < -0.39 is 0 Å². The number of anilines is 1. The number of hydrogen-bond donors (Lipinski definition) is 1. The van der Waals surface area contributed by atoms with Gasteiger partial charge in [0, 0.05) is 17.4 Å². The molecule has 23 heavy (non-hydrogen) atoms. The number of aromatic nitrogens is 1. The second-order valence-electron chi connectivity index (χ2n) is 5.52. The van der Waals surface area contributed by atoms with E-state index in [2.05, 4.69) is 10.3 Å². The van der Waals surface area contributed by atoms with Crippen molar-refractivity contribution in [3.8, 4) is 10.6 Å². The molecule has 0 saturated heterocycles. The fourth-order valence-corrected chi connectivity index (χ4v) is 3.65. The summed E-state index contributed by atoms with van der Waals surface area (Å²) in [7, 11) is 0. The first kappa shape index (κ1) is 14.1. The van der Waals surface area contributed by atoms with Gasteiger partial charge in [0.15, 0.2) is 0 Å².